The molecule has 0 amide bonds. The van der Waals surface area contributed by atoms with E-state index in [4.69, 9.17) is 0 Å². The standard InChI is InChI=1S/C15H23N3O3S/c1-12(2)16-14-8-4-5-10-18(14)15(19)13-7-6-9-17(11-13)22(3,20)21/h4-5,8,10,12-13H,6-7,9,11H2,1-3H3/t13-/m1/s1. The lowest BCUT2D eigenvalue weighted by Crippen LogP contribution is -2.44. The summed E-state index contributed by atoms with van der Waals surface area (Å²) in [5.74, 6) is -0.412. The number of carbonyl (C=O) groups excluding carboxylic acids is 1. The van der Waals surface area contributed by atoms with E-state index >= 15 is 0 Å². The van der Waals surface area contributed by atoms with Crippen LogP contribution in [0, 0.1) is 5.92 Å². The number of aromatic nitrogens is 1. The highest BCUT2D eigenvalue weighted by molar-refractivity contribution is 7.88. The Morgan fingerprint density at radius 3 is 2.73 bits per heavy atom. The molecule has 22 heavy (non-hydrogen) atoms. The molecule has 0 spiro atoms. The summed E-state index contributed by atoms with van der Waals surface area (Å²) in [6.45, 7) is 4.65. The molecular weight excluding hydrogens is 302 g/mol. The molecule has 1 aliphatic rings. The van der Waals surface area contributed by atoms with Gasteiger partial charge in [0, 0.05) is 25.3 Å². The van der Waals surface area contributed by atoms with Crippen molar-refractivity contribution in [2.75, 3.05) is 19.3 Å². The molecule has 0 bridgehead atoms. The minimum atomic E-state index is -3.26. The highest BCUT2D eigenvalue weighted by Gasteiger charge is 2.30. The van der Waals surface area contributed by atoms with Crippen molar-refractivity contribution in [1.82, 2.24) is 8.87 Å². The molecule has 0 saturated carbocycles. The fraction of sp³-hybridized carbons (Fsp3) is 0.600. The van der Waals surface area contributed by atoms with E-state index < -0.39 is 10.0 Å². The Hall–Kier alpha value is -1.47. The predicted molar refractivity (Wildman–Crippen MR) is 84.9 cm³/mol. The third-order valence-electron chi connectivity index (χ3n) is 3.67. The second-order valence-electron chi connectivity index (χ2n) is 5.95. The maximum Gasteiger partial charge on any atom is 0.236 e. The van der Waals surface area contributed by atoms with Crippen molar-refractivity contribution in [2.45, 2.75) is 32.7 Å². The molecule has 1 atom stereocenters. The summed E-state index contributed by atoms with van der Waals surface area (Å²) >= 11 is 0. The lowest BCUT2D eigenvalue weighted by atomic mass is 9.98. The van der Waals surface area contributed by atoms with Gasteiger partial charge in [-0.05, 0) is 38.8 Å². The maximum absolute atomic E-state index is 12.8. The molecule has 1 aromatic heterocycles. The summed E-state index contributed by atoms with van der Waals surface area (Å²) in [6.07, 6.45) is 4.29. The van der Waals surface area contributed by atoms with Crippen LogP contribution >= 0.6 is 0 Å². The van der Waals surface area contributed by atoms with Crippen molar-refractivity contribution in [3.8, 4) is 0 Å². The summed E-state index contributed by atoms with van der Waals surface area (Å²) in [7, 11) is -3.26. The summed E-state index contributed by atoms with van der Waals surface area (Å²) in [5.41, 5.74) is 0.610. The van der Waals surface area contributed by atoms with Crippen molar-refractivity contribution >= 4 is 15.9 Å². The largest absolute Gasteiger partial charge is 0.274 e. The highest BCUT2D eigenvalue weighted by atomic mass is 32.2. The van der Waals surface area contributed by atoms with Crippen LogP contribution in [0.4, 0.5) is 0 Å². The molecule has 122 valence electrons. The number of piperidine rings is 1. The predicted octanol–water partition coefficient (Wildman–Crippen LogP) is 1.11. The van der Waals surface area contributed by atoms with Crippen LogP contribution in [0.1, 0.15) is 31.5 Å². The lowest BCUT2D eigenvalue weighted by molar-refractivity contribution is 0.0778. The van der Waals surface area contributed by atoms with Crippen molar-refractivity contribution in [2.24, 2.45) is 10.9 Å². The summed E-state index contributed by atoms with van der Waals surface area (Å²) in [4.78, 5) is 17.2. The van der Waals surface area contributed by atoms with E-state index in [2.05, 4.69) is 4.99 Å². The first kappa shape index (κ1) is 16.9. The molecule has 0 unspecified atom stereocenters. The zero-order chi connectivity index (χ0) is 16.3. The molecule has 0 radical (unpaired) electrons. The molecule has 0 aliphatic carbocycles. The van der Waals surface area contributed by atoms with Crippen molar-refractivity contribution in [1.29, 1.82) is 0 Å². The summed E-state index contributed by atoms with van der Waals surface area (Å²) in [5, 5.41) is 0. The van der Waals surface area contributed by atoms with E-state index in [9.17, 15) is 13.2 Å². The molecule has 0 N–H and O–H groups in total. The molecule has 6 nitrogen and oxygen atoms in total. The molecule has 7 heteroatoms. The highest BCUT2D eigenvalue weighted by Crippen LogP contribution is 2.19. The van der Waals surface area contributed by atoms with Crippen molar-refractivity contribution < 1.29 is 13.2 Å². The number of nitrogens with zero attached hydrogens (tertiary/aromatic N) is 3. The lowest BCUT2D eigenvalue weighted by Gasteiger charge is -2.30. The van der Waals surface area contributed by atoms with Crippen molar-refractivity contribution in [3.05, 3.63) is 29.9 Å². The van der Waals surface area contributed by atoms with E-state index in [1.54, 1.807) is 18.3 Å². The van der Waals surface area contributed by atoms with Gasteiger partial charge in [-0.1, -0.05) is 6.07 Å². The fourth-order valence-electron chi connectivity index (χ4n) is 2.63. The third kappa shape index (κ3) is 4.04. The molecule has 1 aromatic rings. The van der Waals surface area contributed by atoms with E-state index in [1.807, 2.05) is 19.9 Å². The zero-order valence-electron chi connectivity index (χ0n) is 13.3. The summed E-state index contributed by atoms with van der Waals surface area (Å²) < 4.78 is 26.3. The monoisotopic (exact) mass is 325 g/mol. The Balaban J connectivity index is 2.29. The Bertz CT molecular complexity index is 707. The second-order valence-corrected chi connectivity index (χ2v) is 7.93. The topological polar surface area (TPSA) is 71.7 Å². The van der Waals surface area contributed by atoms with Gasteiger partial charge in [-0.2, -0.15) is 0 Å². The van der Waals surface area contributed by atoms with E-state index in [1.165, 1.54) is 15.1 Å². The zero-order valence-corrected chi connectivity index (χ0v) is 14.1. The van der Waals surface area contributed by atoms with Gasteiger partial charge >= 0.3 is 0 Å². The SMILES string of the molecule is CC(C)N=c1ccccn1C(=O)[C@@H]1CCCN(S(C)(=O)=O)C1. The third-order valence-corrected chi connectivity index (χ3v) is 4.94. The van der Waals surface area contributed by atoms with Gasteiger partial charge in [0.25, 0.3) is 0 Å². The summed E-state index contributed by atoms with van der Waals surface area (Å²) in [6, 6.07) is 5.51. The van der Waals surface area contributed by atoms with Gasteiger partial charge in [-0.25, -0.2) is 12.7 Å². The van der Waals surface area contributed by atoms with Gasteiger partial charge in [-0.15, -0.1) is 0 Å². The number of hydrogen-bond acceptors (Lipinski definition) is 4. The van der Waals surface area contributed by atoms with Gasteiger partial charge < -0.3 is 0 Å². The van der Waals surface area contributed by atoms with Gasteiger partial charge in [0.15, 0.2) is 0 Å². The normalized spacial score (nSPS) is 21.3. The number of carbonyl (C=O) groups is 1. The number of pyridine rings is 1. The molecule has 1 aliphatic heterocycles. The van der Waals surface area contributed by atoms with Gasteiger partial charge in [-0.3, -0.25) is 14.4 Å². The number of hydrogen-bond donors (Lipinski definition) is 0. The van der Waals surface area contributed by atoms with Gasteiger partial charge in [0.1, 0.15) is 5.49 Å². The van der Waals surface area contributed by atoms with Crippen LogP contribution in [0.15, 0.2) is 29.4 Å². The van der Waals surface area contributed by atoms with Crippen LogP contribution in [0.2, 0.25) is 0 Å². The molecule has 0 aromatic carbocycles. The van der Waals surface area contributed by atoms with Crippen molar-refractivity contribution in [3.63, 3.8) is 0 Å². The fourth-order valence-corrected chi connectivity index (χ4v) is 3.54. The average molecular weight is 325 g/mol. The Morgan fingerprint density at radius 1 is 1.36 bits per heavy atom. The second kappa shape index (κ2) is 6.75. The Labute approximate surface area is 131 Å². The number of rotatable bonds is 3. The van der Waals surface area contributed by atoms with Crippen LogP contribution in [-0.4, -0.2) is 48.6 Å². The molecule has 2 heterocycles. The van der Waals surface area contributed by atoms with E-state index in [0.29, 0.717) is 24.9 Å². The van der Waals surface area contributed by atoms with Crippen LogP contribution in [0.25, 0.3) is 0 Å². The first-order valence-electron chi connectivity index (χ1n) is 7.50. The molecular formula is C15H23N3O3S. The van der Waals surface area contributed by atoms with E-state index in [-0.39, 0.29) is 24.4 Å². The quantitative estimate of drug-likeness (QED) is 0.836. The first-order chi connectivity index (χ1) is 10.3. The number of sulfonamides is 1. The van der Waals surface area contributed by atoms with Crippen LogP contribution in [0.5, 0.6) is 0 Å². The average Bonchev–Trinajstić information content (AvgIpc) is 2.46. The smallest absolute Gasteiger partial charge is 0.236 e. The maximum atomic E-state index is 12.8. The molecule has 2 rings (SSSR count). The van der Waals surface area contributed by atoms with Gasteiger partial charge in [0.05, 0.1) is 12.2 Å². The van der Waals surface area contributed by atoms with Crippen LogP contribution < -0.4 is 5.49 Å². The minimum absolute atomic E-state index is 0.0836. The van der Waals surface area contributed by atoms with E-state index in [0.717, 1.165) is 0 Å². The Kier molecular flexibility index (Phi) is 5.18. The van der Waals surface area contributed by atoms with Crippen LogP contribution in [0.3, 0.4) is 0 Å². The van der Waals surface area contributed by atoms with Crippen LogP contribution in [-0.2, 0) is 10.0 Å². The molecule has 1 fully saturated rings. The van der Waals surface area contributed by atoms with Gasteiger partial charge in [0.2, 0.25) is 15.9 Å². The molecule has 1 saturated heterocycles. The Morgan fingerprint density at radius 2 is 2.09 bits per heavy atom. The first-order valence-corrected chi connectivity index (χ1v) is 9.34. The minimum Gasteiger partial charge on any atom is -0.274 e.